The molecule has 2 rings (SSSR count). The van der Waals surface area contributed by atoms with Crippen molar-refractivity contribution in [2.24, 2.45) is 7.05 Å². The third-order valence-corrected chi connectivity index (χ3v) is 3.55. The van der Waals surface area contributed by atoms with Gasteiger partial charge < -0.3 is 9.73 Å². The summed E-state index contributed by atoms with van der Waals surface area (Å²) in [5.41, 5.74) is 3.46. The third-order valence-electron chi connectivity index (χ3n) is 3.55. The molecule has 0 saturated carbocycles. The topological polar surface area (TPSA) is 55.9 Å². The van der Waals surface area contributed by atoms with Gasteiger partial charge in [-0.1, -0.05) is 12.1 Å². The van der Waals surface area contributed by atoms with Crippen LogP contribution in [-0.4, -0.2) is 21.5 Å². The molecule has 1 unspecified atom stereocenters. The van der Waals surface area contributed by atoms with Crippen LogP contribution in [0.25, 0.3) is 0 Å². The predicted octanol–water partition coefficient (Wildman–Crippen LogP) is 2.42. The second-order valence-corrected chi connectivity index (χ2v) is 4.92. The Hall–Kier alpha value is -1.62. The van der Waals surface area contributed by atoms with Crippen LogP contribution in [-0.2, 0) is 7.05 Å². The Morgan fingerprint density at radius 3 is 2.53 bits per heavy atom. The van der Waals surface area contributed by atoms with E-state index >= 15 is 0 Å². The maximum atomic E-state index is 5.75. The lowest BCUT2D eigenvalue weighted by Crippen LogP contribution is -2.26. The van der Waals surface area contributed by atoms with Crippen LogP contribution >= 0.6 is 0 Å². The molecule has 2 aromatic rings. The highest BCUT2D eigenvalue weighted by molar-refractivity contribution is 5.38. The molecular weight excluding hydrogens is 240 g/mol. The SMILES string of the molecule is CCCNC(c1c(C)oc(C)c1C)c1cnnn1C. The zero-order chi connectivity index (χ0) is 14.0. The maximum absolute atomic E-state index is 5.75. The highest BCUT2D eigenvalue weighted by atomic mass is 16.3. The van der Waals surface area contributed by atoms with Gasteiger partial charge in [-0.3, -0.25) is 4.68 Å². The molecule has 0 aliphatic carbocycles. The van der Waals surface area contributed by atoms with Crippen molar-refractivity contribution in [1.82, 2.24) is 20.3 Å². The van der Waals surface area contributed by atoms with Crippen LogP contribution in [0.2, 0.25) is 0 Å². The van der Waals surface area contributed by atoms with Gasteiger partial charge in [-0.15, -0.1) is 5.10 Å². The monoisotopic (exact) mass is 262 g/mol. The van der Waals surface area contributed by atoms with Crippen LogP contribution < -0.4 is 5.32 Å². The molecule has 0 aromatic carbocycles. The quantitative estimate of drug-likeness (QED) is 0.899. The van der Waals surface area contributed by atoms with Gasteiger partial charge in [0.05, 0.1) is 17.9 Å². The molecule has 2 aromatic heterocycles. The molecule has 0 aliphatic rings. The molecule has 0 bridgehead atoms. The first-order valence-corrected chi connectivity index (χ1v) is 6.70. The number of aryl methyl sites for hydroxylation is 3. The van der Waals surface area contributed by atoms with E-state index < -0.39 is 0 Å². The summed E-state index contributed by atoms with van der Waals surface area (Å²) in [6, 6.07) is 0.0809. The Morgan fingerprint density at radius 1 is 1.32 bits per heavy atom. The molecule has 0 spiro atoms. The van der Waals surface area contributed by atoms with Gasteiger partial charge in [-0.2, -0.15) is 0 Å². The molecule has 0 radical (unpaired) electrons. The van der Waals surface area contributed by atoms with Gasteiger partial charge in [-0.25, -0.2) is 0 Å². The van der Waals surface area contributed by atoms with E-state index in [1.165, 1.54) is 11.1 Å². The molecule has 0 fully saturated rings. The molecule has 5 nitrogen and oxygen atoms in total. The van der Waals surface area contributed by atoms with Gasteiger partial charge in [0.2, 0.25) is 0 Å². The van der Waals surface area contributed by atoms with Gasteiger partial charge in [0.1, 0.15) is 11.5 Å². The Bertz CT molecular complexity index is 556. The molecule has 0 saturated heterocycles. The van der Waals surface area contributed by atoms with Crippen LogP contribution in [0.3, 0.4) is 0 Å². The summed E-state index contributed by atoms with van der Waals surface area (Å²) in [6.45, 7) is 9.22. The lowest BCUT2D eigenvalue weighted by Gasteiger charge is -2.19. The largest absolute Gasteiger partial charge is 0.466 e. The molecule has 0 amide bonds. The lowest BCUT2D eigenvalue weighted by molar-refractivity contribution is 0.488. The number of nitrogens with one attached hydrogen (secondary N) is 1. The highest BCUT2D eigenvalue weighted by Gasteiger charge is 2.24. The van der Waals surface area contributed by atoms with Crippen LogP contribution in [0, 0.1) is 20.8 Å². The Balaban J connectivity index is 2.46. The van der Waals surface area contributed by atoms with E-state index in [9.17, 15) is 0 Å². The van der Waals surface area contributed by atoms with Crippen LogP contribution in [0.15, 0.2) is 10.6 Å². The summed E-state index contributed by atoms with van der Waals surface area (Å²) in [7, 11) is 1.92. The van der Waals surface area contributed by atoms with E-state index in [2.05, 4.69) is 29.5 Å². The molecule has 104 valence electrons. The van der Waals surface area contributed by atoms with E-state index in [-0.39, 0.29) is 6.04 Å². The van der Waals surface area contributed by atoms with E-state index in [4.69, 9.17) is 4.42 Å². The Morgan fingerprint density at radius 2 is 2.05 bits per heavy atom. The summed E-state index contributed by atoms with van der Waals surface area (Å²) in [5, 5.41) is 11.6. The summed E-state index contributed by atoms with van der Waals surface area (Å²) >= 11 is 0. The standard InChI is InChI=1S/C14H22N4O/c1-6-7-15-14(12-8-16-17-18(12)5)13-9(2)10(3)19-11(13)4/h8,14-15H,6-7H2,1-5H3. The predicted molar refractivity (Wildman–Crippen MR) is 74.1 cm³/mol. The number of rotatable bonds is 5. The number of furan rings is 1. The van der Waals surface area contributed by atoms with Crippen molar-refractivity contribution in [1.29, 1.82) is 0 Å². The molecule has 0 aliphatic heterocycles. The van der Waals surface area contributed by atoms with Crippen molar-refractivity contribution in [3.8, 4) is 0 Å². The minimum atomic E-state index is 0.0809. The average Bonchev–Trinajstić information content (AvgIpc) is 2.88. The summed E-state index contributed by atoms with van der Waals surface area (Å²) in [5.74, 6) is 1.94. The number of nitrogens with zero attached hydrogens (tertiary/aromatic N) is 3. The minimum Gasteiger partial charge on any atom is -0.466 e. The van der Waals surface area contributed by atoms with Gasteiger partial charge in [0, 0.05) is 12.6 Å². The second kappa shape index (κ2) is 5.57. The number of hydrogen-bond donors (Lipinski definition) is 1. The molecule has 1 N–H and O–H groups in total. The van der Waals surface area contributed by atoms with Crippen molar-refractivity contribution in [3.05, 3.63) is 34.5 Å². The van der Waals surface area contributed by atoms with E-state index in [0.717, 1.165) is 30.2 Å². The van der Waals surface area contributed by atoms with Crippen molar-refractivity contribution in [2.75, 3.05) is 6.54 Å². The maximum Gasteiger partial charge on any atom is 0.106 e. The Kier molecular flexibility index (Phi) is 4.04. The fourth-order valence-corrected chi connectivity index (χ4v) is 2.44. The minimum absolute atomic E-state index is 0.0809. The first kappa shape index (κ1) is 13.8. The van der Waals surface area contributed by atoms with Crippen LogP contribution in [0.1, 0.15) is 47.7 Å². The average molecular weight is 262 g/mol. The lowest BCUT2D eigenvalue weighted by atomic mass is 9.99. The Labute approximate surface area is 114 Å². The molecule has 19 heavy (non-hydrogen) atoms. The van der Waals surface area contributed by atoms with Crippen molar-refractivity contribution in [2.45, 2.75) is 40.2 Å². The molecule has 2 heterocycles. The zero-order valence-electron chi connectivity index (χ0n) is 12.3. The van der Waals surface area contributed by atoms with E-state index in [1.807, 2.05) is 31.8 Å². The molecular formula is C14H22N4O. The van der Waals surface area contributed by atoms with Gasteiger partial charge in [0.25, 0.3) is 0 Å². The fourth-order valence-electron chi connectivity index (χ4n) is 2.44. The summed E-state index contributed by atoms with van der Waals surface area (Å²) < 4.78 is 7.57. The normalized spacial score (nSPS) is 12.9. The van der Waals surface area contributed by atoms with Crippen molar-refractivity contribution >= 4 is 0 Å². The van der Waals surface area contributed by atoms with E-state index in [1.54, 1.807) is 0 Å². The third kappa shape index (κ3) is 2.56. The number of aromatic nitrogens is 3. The van der Waals surface area contributed by atoms with Gasteiger partial charge in [0.15, 0.2) is 0 Å². The fraction of sp³-hybridized carbons (Fsp3) is 0.571. The summed E-state index contributed by atoms with van der Waals surface area (Å²) in [6.07, 6.45) is 2.89. The highest BCUT2D eigenvalue weighted by Crippen LogP contribution is 2.30. The van der Waals surface area contributed by atoms with Crippen molar-refractivity contribution in [3.63, 3.8) is 0 Å². The smallest absolute Gasteiger partial charge is 0.106 e. The first-order chi connectivity index (χ1) is 9.06. The number of hydrogen-bond acceptors (Lipinski definition) is 4. The van der Waals surface area contributed by atoms with Crippen LogP contribution in [0.4, 0.5) is 0 Å². The summed E-state index contributed by atoms with van der Waals surface area (Å²) in [4.78, 5) is 0. The van der Waals surface area contributed by atoms with E-state index in [0.29, 0.717) is 0 Å². The van der Waals surface area contributed by atoms with Crippen LogP contribution in [0.5, 0.6) is 0 Å². The zero-order valence-corrected chi connectivity index (χ0v) is 12.3. The van der Waals surface area contributed by atoms with Gasteiger partial charge >= 0.3 is 0 Å². The second-order valence-electron chi connectivity index (χ2n) is 4.92. The molecule has 5 heteroatoms. The van der Waals surface area contributed by atoms with Crippen molar-refractivity contribution < 1.29 is 4.42 Å². The van der Waals surface area contributed by atoms with Gasteiger partial charge in [-0.05, 0) is 39.3 Å². The molecule has 1 atom stereocenters. The first-order valence-electron chi connectivity index (χ1n) is 6.70.